The normalized spacial score (nSPS) is 19.7. The Bertz CT molecular complexity index is 1040. The molecule has 1 unspecified atom stereocenters. The summed E-state index contributed by atoms with van der Waals surface area (Å²) in [5.41, 5.74) is -1.53. The number of likely N-dealkylation sites (tertiary alicyclic amines) is 1. The molecular formula is C23H33BrN2O8S. The summed E-state index contributed by atoms with van der Waals surface area (Å²) in [7, 11) is -2.98. The van der Waals surface area contributed by atoms with Crippen LogP contribution in [0.25, 0.3) is 0 Å². The average Bonchev–Trinajstić information content (AvgIpc) is 3.12. The summed E-state index contributed by atoms with van der Waals surface area (Å²) in [5.74, 6) is -1.29. The zero-order valence-corrected chi connectivity index (χ0v) is 23.4. The lowest BCUT2D eigenvalue weighted by molar-refractivity contribution is -0.152. The Balaban J connectivity index is 2.29. The fourth-order valence-corrected chi connectivity index (χ4v) is 4.89. The van der Waals surface area contributed by atoms with Gasteiger partial charge in [-0.15, -0.1) is 0 Å². The third-order valence-corrected chi connectivity index (χ3v) is 7.06. The molecule has 2 rings (SSSR count). The largest absolute Gasteiger partial charge is 0.467 e. The second-order valence-electron chi connectivity index (χ2n) is 10.3. The second kappa shape index (κ2) is 10.8. The van der Waals surface area contributed by atoms with E-state index >= 15 is 0 Å². The van der Waals surface area contributed by atoms with Crippen molar-refractivity contribution >= 4 is 44.0 Å². The van der Waals surface area contributed by atoms with E-state index < -0.39 is 57.3 Å². The van der Waals surface area contributed by atoms with Crippen molar-refractivity contribution in [3.63, 3.8) is 0 Å². The number of hydrogen-bond acceptors (Lipinski definition) is 8. The molecule has 10 nitrogen and oxygen atoms in total. The van der Waals surface area contributed by atoms with E-state index in [0.717, 1.165) is 0 Å². The van der Waals surface area contributed by atoms with Crippen LogP contribution in [0.5, 0.6) is 0 Å². The van der Waals surface area contributed by atoms with Crippen molar-refractivity contribution < 1.29 is 36.5 Å². The maximum absolute atomic E-state index is 13.6. The van der Waals surface area contributed by atoms with E-state index in [1.165, 1.54) is 24.1 Å². The van der Waals surface area contributed by atoms with Crippen molar-refractivity contribution in [2.75, 3.05) is 13.7 Å². The third-order valence-electron chi connectivity index (χ3n) is 5.16. The van der Waals surface area contributed by atoms with Gasteiger partial charge in [0.05, 0.1) is 18.1 Å². The molecule has 1 fully saturated rings. The van der Waals surface area contributed by atoms with Crippen LogP contribution in [0, 0.1) is 5.41 Å². The molecule has 0 bridgehead atoms. The van der Waals surface area contributed by atoms with E-state index in [4.69, 9.17) is 13.7 Å². The maximum Gasteiger partial charge on any atom is 0.408 e. The number of rotatable bonds is 6. The van der Waals surface area contributed by atoms with Crippen LogP contribution in [0.15, 0.2) is 33.6 Å². The Morgan fingerprint density at radius 3 is 2.14 bits per heavy atom. The molecule has 0 saturated carbocycles. The lowest BCUT2D eigenvalue weighted by Gasteiger charge is -2.35. The molecule has 1 aliphatic rings. The number of hydrogen-bond donors (Lipinski definition) is 1. The first kappa shape index (κ1) is 29.1. The predicted octanol–water partition coefficient (Wildman–Crippen LogP) is 3.24. The number of methoxy groups -OCH3 is 1. The van der Waals surface area contributed by atoms with Gasteiger partial charge in [-0.05, 0) is 50.5 Å². The van der Waals surface area contributed by atoms with Gasteiger partial charge in [0.25, 0.3) is 10.1 Å². The molecule has 1 aromatic carbocycles. The summed E-state index contributed by atoms with van der Waals surface area (Å²) >= 11 is 3.25. The van der Waals surface area contributed by atoms with Gasteiger partial charge in [0.15, 0.2) is 0 Å². The Morgan fingerprint density at radius 2 is 1.66 bits per heavy atom. The highest BCUT2D eigenvalue weighted by Crippen LogP contribution is 2.30. The number of benzene rings is 1. The Morgan fingerprint density at radius 1 is 1.09 bits per heavy atom. The first-order valence-corrected chi connectivity index (χ1v) is 13.2. The van der Waals surface area contributed by atoms with Gasteiger partial charge < -0.3 is 19.7 Å². The van der Waals surface area contributed by atoms with Gasteiger partial charge in [-0.2, -0.15) is 8.42 Å². The van der Waals surface area contributed by atoms with Gasteiger partial charge in [0.2, 0.25) is 5.91 Å². The summed E-state index contributed by atoms with van der Waals surface area (Å²) < 4.78 is 41.8. The Labute approximate surface area is 214 Å². The van der Waals surface area contributed by atoms with Crippen LogP contribution in [0.2, 0.25) is 0 Å². The summed E-state index contributed by atoms with van der Waals surface area (Å²) in [6, 6.07) is 3.75. The summed E-state index contributed by atoms with van der Waals surface area (Å²) in [6.45, 7) is 10.2. The lowest BCUT2D eigenvalue weighted by Crippen LogP contribution is -2.57. The average molecular weight is 577 g/mol. The molecule has 0 aliphatic carbocycles. The number of esters is 1. The molecule has 12 heteroatoms. The topological polar surface area (TPSA) is 128 Å². The van der Waals surface area contributed by atoms with Gasteiger partial charge in [0, 0.05) is 17.4 Å². The number of nitrogens with zero attached hydrogens (tertiary/aromatic N) is 1. The molecule has 0 radical (unpaired) electrons. The van der Waals surface area contributed by atoms with Gasteiger partial charge >= 0.3 is 12.1 Å². The van der Waals surface area contributed by atoms with Crippen molar-refractivity contribution in [3.05, 3.63) is 28.7 Å². The van der Waals surface area contributed by atoms with E-state index in [2.05, 4.69) is 21.2 Å². The van der Waals surface area contributed by atoms with Gasteiger partial charge in [0.1, 0.15) is 17.7 Å². The van der Waals surface area contributed by atoms with Crippen molar-refractivity contribution in [3.8, 4) is 0 Å². The SMILES string of the molecule is COC(=O)[C@@H]1C[C@H](OS(=O)(=O)c2ccc(Br)cc2)CN1C(=O)C(NC(=O)OC(C)(C)C)C(C)(C)C. The Kier molecular flexibility index (Phi) is 8.99. The number of ether oxygens (including phenoxy) is 2. The molecule has 2 amide bonds. The van der Waals surface area contributed by atoms with Crippen LogP contribution in [-0.4, -0.2) is 68.7 Å². The van der Waals surface area contributed by atoms with Crippen molar-refractivity contribution in [2.24, 2.45) is 5.41 Å². The molecular weight excluding hydrogens is 544 g/mol. The first-order valence-electron chi connectivity index (χ1n) is 11.0. The van der Waals surface area contributed by atoms with Crippen LogP contribution >= 0.6 is 15.9 Å². The van der Waals surface area contributed by atoms with Crippen LogP contribution in [-0.2, 0) is 33.4 Å². The van der Waals surface area contributed by atoms with E-state index in [1.54, 1.807) is 53.7 Å². The lowest BCUT2D eigenvalue weighted by atomic mass is 9.85. The minimum atomic E-state index is -4.15. The molecule has 196 valence electrons. The molecule has 1 N–H and O–H groups in total. The number of amides is 2. The minimum absolute atomic E-state index is 0.0562. The highest BCUT2D eigenvalue weighted by molar-refractivity contribution is 9.10. The van der Waals surface area contributed by atoms with Crippen LogP contribution < -0.4 is 5.32 Å². The standard InChI is InChI=1S/C23H33BrN2O8S/c1-22(2,3)18(25-21(29)33-23(4,5)6)19(27)26-13-15(12-17(26)20(28)32-7)34-35(30,31)16-10-8-14(24)9-11-16/h8-11,15,17-18H,12-13H2,1-7H3,(H,25,29)/t15-,17-,18?/m0/s1. The number of nitrogens with one attached hydrogen (secondary N) is 1. The number of carbonyl (C=O) groups is 3. The van der Waals surface area contributed by atoms with Gasteiger partial charge in [-0.25, -0.2) is 9.59 Å². The molecule has 1 aliphatic heterocycles. The molecule has 35 heavy (non-hydrogen) atoms. The zero-order valence-electron chi connectivity index (χ0n) is 21.0. The number of alkyl carbamates (subject to hydrolysis) is 1. The molecule has 0 spiro atoms. The van der Waals surface area contributed by atoms with E-state index in [0.29, 0.717) is 4.47 Å². The highest BCUT2D eigenvalue weighted by Gasteiger charge is 2.47. The van der Waals surface area contributed by atoms with Gasteiger partial charge in [-0.1, -0.05) is 36.7 Å². The van der Waals surface area contributed by atoms with E-state index in [1.807, 2.05) is 0 Å². The fourth-order valence-electron chi connectivity index (χ4n) is 3.55. The number of carbonyl (C=O) groups excluding carboxylic acids is 3. The second-order valence-corrected chi connectivity index (χ2v) is 12.8. The third kappa shape index (κ3) is 7.91. The summed E-state index contributed by atoms with van der Waals surface area (Å²) in [4.78, 5) is 39.6. The van der Waals surface area contributed by atoms with Crippen molar-refractivity contribution in [2.45, 2.75) is 76.6 Å². The smallest absolute Gasteiger partial charge is 0.408 e. The van der Waals surface area contributed by atoms with E-state index in [9.17, 15) is 22.8 Å². The van der Waals surface area contributed by atoms with Gasteiger partial charge in [-0.3, -0.25) is 8.98 Å². The number of halogens is 1. The highest BCUT2D eigenvalue weighted by atomic mass is 79.9. The van der Waals surface area contributed by atoms with Crippen LogP contribution in [0.3, 0.4) is 0 Å². The predicted molar refractivity (Wildman–Crippen MR) is 131 cm³/mol. The molecule has 1 aromatic rings. The quantitative estimate of drug-likeness (QED) is 0.403. The molecule has 0 aromatic heterocycles. The van der Waals surface area contributed by atoms with E-state index in [-0.39, 0.29) is 17.9 Å². The zero-order chi connectivity index (χ0) is 26.8. The molecule has 1 saturated heterocycles. The summed E-state index contributed by atoms with van der Waals surface area (Å²) in [5, 5.41) is 2.59. The molecule has 1 heterocycles. The Hall–Kier alpha value is -2.18. The fraction of sp³-hybridized carbons (Fsp3) is 0.609. The molecule has 3 atom stereocenters. The first-order chi connectivity index (χ1) is 15.9. The summed E-state index contributed by atoms with van der Waals surface area (Å²) in [6.07, 6.45) is -1.86. The minimum Gasteiger partial charge on any atom is -0.467 e. The maximum atomic E-state index is 13.6. The van der Waals surface area contributed by atoms with Crippen LogP contribution in [0.4, 0.5) is 4.79 Å². The monoisotopic (exact) mass is 576 g/mol. The van der Waals surface area contributed by atoms with Crippen molar-refractivity contribution in [1.82, 2.24) is 10.2 Å². The van der Waals surface area contributed by atoms with Crippen molar-refractivity contribution in [1.29, 1.82) is 0 Å². The van der Waals surface area contributed by atoms with Crippen LogP contribution in [0.1, 0.15) is 48.0 Å².